The van der Waals surface area contributed by atoms with Crippen molar-refractivity contribution >= 4 is 32.3 Å². The molecule has 0 bridgehead atoms. The molecule has 6 aromatic carbocycles. The lowest BCUT2D eigenvalue weighted by molar-refractivity contribution is 0.590. The van der Waals surface area contributed by atoms with Crippen LogP contribution in [-0.4, -0.2) is 9.97 Å². The second kappa shape index (κ2) is 11.1. The normalized spacial score (nSPS) is 11.8. The van der Waals surface area contributed by atoms with Crippen LogP contribution in [0.1, 0.15) is 26.3 Å². The number of pyridine rings is 2. The lowest BCUT2D eigenvalue weighted by Gasteiger charge is -2.22. The summed E-state index contributed by atoms with van der Waals surface area (Å²) in [5, 5.41) is 7.48. The molecule has 0 aliphatic rings. The van der Waals surface area contributed by atoms with Gasteiger partial charge in [-0.2, -0.15) is 0 Å². The van der Waals surface area contributed by atoms with E-state index in [-0.39, 0.29) is 5.41 Å². The van der Waals surface area contributed by atoms with E-state index in [1.165, 1.54) is 60.1 Å². The summed E-state index contributed by atoms with van der Waals surface area (Å²) in [5.41, 5.74) is 10.6. The highest BCUT2D eigenvalue weighted by atomic mass is 14.7. The van der Waals surface area contributed by atoms with Gasteiger partial charge in [-0.15, -0.1) is 0 Å². The molecule has 0 aliphatic carbocycles. The average Bonchev–Trinajstić information content (AvgIpc) is 3.10. The van der Waals surface area contributed by atoms with Crippen molar-refractivity contribution in [2.24, 2.45) is 0 Å². The van der Waals surface area contributed by atoms with Crippen molar-refractivity contribution < 1.29 is 0 Å². The number of aromatic nitrogens is 2. The Kier molecular flexibility index (Phi) is 6.73. The maximum atomic E-state index is 4.83. The standard InChI is InChI=1S/C44H34N2/c1-44(2,3)36-12-8-10-31(26-36)42-37-13-4-6-15-39(37)43(40-16-7-5-14-38(40)42)32-20-18-29-17-19-30(24-35(29)25-32)41-22-21-34(28-46-41)33-11-9-23-45-27-33/h4-28H,1-3H3. The first-order chi connectivity index (χ1) is 22.4. The molecule has 0 spiro atoms. The Hall–Kier alpha value is -5.60. The fourth-order valence-corrected chi connectivity index (χ4v) is 6.72. The van der Waals surface area contributed by atoms with Gasteiger partial charge in [0.25, 0.3) is 0 Å². The van der Waals surface area contributed by atoms with E-state index < -0.39 is 0 Å². The fraction of sp³-hybridized carbons (Fsp3) is 0.0909. The van der Waals surface area contributed by atoms with Crippen molar-refractivity contribution in [3.8, 4) is 44.6 Å². The minimum Gasteiger partial charge on any atom is -0.264 e. The van der Waals surface area contributed by atoms with Crippen LogP contribution < -0.4 is 0 Å². The second-order valence-corrected chi connectivity index (χ2v) is 13.1. The van der Waals surface area contributed by atoms with Crippen molar-refractivity contribution in [2.45, 2.75) is 26.2 Å². The monoisotopic (exact) mass is 590 g/mol. The average molecular weight is 591 g/mol. The van der Waals surface area contributed by atoms with E-state index in [4.69, 9.17) is 4.98 Å². The van der Waals surface area contributed by atoms with Gasteiger partial charge in [0.15, 0.2) is 0 Å². The Labute approximate surface area is 270 Å². The van der Waals surface area contributed by atoms with Gasteiger partial charge in [-0.1, -0.05) is 130 Å². The van der Waals surface area contributed by atoms with Crippen molar-refractivity contribution in [1.82, 2.24) is 9.97 Å². The summed E-state index contributed by atoms with van der Waals surface area (Å²) in [6, 6.07) is 48.6. The minimum absolute atomic E-state index is 0.0719. The molecule has 2 nitrogen and oxygen atoms in total. The highest BCUT2D eigenvalue weighted by Crippen LogP contribution is 2.44. The van der Waals surface area contributed by atoms with E-state index in [1.54, 1.807) is 6.20 Å². The molecule has 8 rings (SSSR count). The largest absolute Gasteiger partial charge is 0.264 e. The third kappa shape index (κ3) is 4.93. The Bertz CT molecular complexity index is 2320. The van der Waals surface area contributed by atoms with E-state index in [2.05, 4.69) is 153 Å². The van der Waals surface area contributed by atoms with E-state index in [0.29, 0.717) is 0 Å². The van der Waals surface area contributed by atoms with Crippen LogP contribution in [0.3, 0.4) is 0 Å². The van der Waals surface area contributed by atoms with Crippen LogP contribution in [0.2, 0.25) is 0 Å². The molecule has 0 atom stereocenters. The smallest absolute Gasteiger partial charge is 0.0702 e. The Morgan fingerprint density at radius 1 is 0.435 bits per heavy atom. The van der Waals surface area contributed by atoms with Gasteiger partial charge in [0, 0.05) is 35.3 Å². The zero-order chi connectivity index (χ0) is 31.3. The molecule has 220 valence electrons. The van der Waals surface area contributed by atoms with Crippen LogP contribution in [0.5, 0.6) is 0 Å². The van der Waals surface area contributed by atoms with Crippen LogP contribution in [-0.2, 0) is 5.41 Å². The van der Waals surface area contributed by atoms with Gasteiger partial charge in [-0.25, -0.2) is 0 Å². The van der Waals surface area contributed by atoms with Gasteiger partial charge in [0.05, 0.1) is 5.69 Å². The Balaban J connectivity index is 1.29. The third-order valence-corrected chi connectivity index (χ3v) is 9.13. The number of fused-ring (bicyclic) bond motifs is 3. The Morgan fingerprint density at radius 2 is 1.00 bits per heavy atom. The molecule has 0 fully saturated rings. The molecule has 2 aromatic heterocycles. The zero-order valence-corrected chi connectivity index (χ0v) is 26.3. The molecule has 0 amide bonds. The molecule has 46 heavy (non-hydrogen) atoms. The van der Waals surface area contributed by atoms with Crippen molar-refractivity contribution in [1.29, 1.82) is 0 Å². The van der Waals surface area contributed by atoms with Gasteiger partial charge in [0.2, 0.25) is 0 Å². The zero-order valence-electron chi connectivity index (χ0n) is 26.3. The van der Waals surface area contributed by atoms with E-state index in [9.17, 15) is 0 Å². The van der Waals surface area contributed by atoms with Gasteiger partial charge in [-0.3, -0.25) is 9.97 Å². The number of hydrogen-bond donors (Lipinski definition) is 0. The highest BCUT2D eigenvalue weighted by molar-refractivity contribution is 6.21. The molecule has 0 saturated heterocycles. The number of nitrogens with zero attached hydrogens (tertiary/aromatic N) is 2. The number of rotatable bonds is 4. The van der Waals surface area contributed by atoms with Crippen molar-refractivity contribution in [3.05, 3.63) is 158 Å². The first-order valence-corrected chi connectivity index (χ1v) is 15.9. The summed E-state index contributed by atoms with van der Waals surface area (Å²) in [4.78, 5) is 9.08. The van der Waals surface area contributed by atoms with Crippen molar-refractivity contribution in [2.75, 3.05) is 0 Å². The summed E-state index contributed by atoms with van der Waals surface area (Å²) in [6.45, 7) is 6.85. The first-order valence-electron chi connectivity index (χ1n) is 15.9. The first kappa shape index (κ1) is 27.9. The van der Waals surface area contributed by atoms with Crippen LogP contribution in [0.25, 0.3) is 77.0 Å². The van der Waals surface area contributed by atoms with Gasteiger partial charge in [0.1, 0.15) is 0 Å². The summed E-state index contributed by atoms with van der Waals surface area (Å²) in [5.74, 6) is 0. The predicted octanol–water partition coefficient (Wildman–Crippen LogP) is 11.9. The predicted molar refractivity (Wildman–Crippen MR) is 195 cm³/mol. The molecule has 8 aromatic rings. The molecule has 2 heterocycles. The highest BCUT2D eigenvalue weighted by Gasteiger charge is 2.19. The van der Waals surface area contributed by atoms with Crippen LogP contribution in [0.4, 0.5) is 0 Å². The summed E-state index contributed by atoms with van der Waals surface area (Å²) < 4.78 is 0. The van der Waals surface area contributed by atoms with Gasteiger partial charge < -0.3 is 0 Å². The molecular formula is C44H34N2. The summed E-state index contributed by atoms with van der Waals surface area (Å²) >= 11 is 0. The Morgan fingerprint density at radius 3 is 1.59 bits per heavy atom. The van der Waals surface area contributed by atoms with Crippen LogP contribution in [0, 0.1) is 0 Å². The minimum atomic E-state index is 0.0719. The van der Waals surface area contributed by atoms with Gasteiger partial charge >= 0.3 is 0 Å². The second-order valence-electron chi connectivity index (χ2n) is 13.1. The van der Waals surface area contributed by atoms with E-state index >= 15 is 0 Å². The lowest BCUT2D eigenvalue weighted by atomic mass is 9.82. The maximum absolute atomic E-state index is 4.83. The molecule has 0 radical (unpaired) electrons. The van der Waals surface area contributed by atoms with Gasteiger partial charge in [-0.05, 0) is 89.8 Å². The van der Waals surface area contributed by atoms with Crippen molar-refractivity contribution in [3.63, 3.8) is 0 Å². The summed E-state index contributed by atoms with van der Waals surface area (Å²) in [6.07, 6.45) is 5.60. The van der Waals surface area contributed by atoms with Crippen LogP contribution >= 0.6 is 0 Å². The number of benzene rings is 6. The summed E-state index contributed by atoms with van der Waals surface area (Å²) in [7, 11) is 0. The topological polar surface area (TPSA) is 25.8 Å². The molecule has 0 N–H and O–H groups in total. The molecule has 2 heteroatoms. The maximum Gasteiger partial charge on any atom is 0.0702 e. The van der Waals surface area contributed by atoms with E-state index in [1.807, 2.05) is 18.5 Å². The SMILES string of the molecule is CC(C)(C)c1cccc(-c2c3ccccc3c(-c3ccc4ccc(-c5ccc(-c6cccnc6)cn5)cc4c3)c3ccccc23)c1. The molecule has 0 saturated carbocycles. The van der Waals surface area contributed by atoms with Crippen LogP contribution in [0.15, 0.2) is 152 Å². The number of hydrogen-bond acceptors (Lipinski definition) is 2. The van der Waals surface area contributed by atoms with E-state index in [0.717, 1.165) is 22.4 Å². The molecular weight excluding hydrogens is 556 g/mol. The lowest BCUT2D eigenvalue weighted by Crippen LogP contribution is -2.10. The fourth-order valence-electron chi connectivity index (χ4n) is 6.72. The third-order valence-electron chi connectivity index (χ3n) is 9.13. The molecule has 0 unspecified atom stereocenters. The molecule has 0 aliphatic heterocycles. The quantitative estimate of drug-likeness (QED) is 0.191.